The second kappa shape index (κ2) is 10.4. The third-order valence-corrected chi connectivity index (χ3v) is 4.53. The minimum Gasteiger partial charge on any atom is -0.450 e. The van der Waals surface area contributed by atoms with E-state index >= 15 is 0 Å². The lowest BCUT2D eigenvalue weighted by Gasteiger charge is -2.12. The summed E-state index contributed by atoms with van der Waals surface area (Å²) in [5.41, 5.74) is 1.65. The van der Waals surface area contributed by atoms with Gasteiger partial charge in [0.1, 0.15) is 6.07 Å². The Morgan fingerprint density at radius 1 is 1.21 bits per heavy atom. The SMILES string of the molecule is CCOC(=O)NC(=O)/C(C#N)=N/Nc1cc(Cl)c(Oc2n[nH]c(=O)c3ccccc23)c(Cl)c1. The van der Waals surface area contributed by atoms with Gasteiger partial charge in [-0.15, -0.1) is 5.10 Å². The molecule has 0 spiro atoms. The predicted octanol–water partition coefficient (Wildman–Crippen LogP) is 3.59. The van der Waals surface area contributed by atoms with E-state index in [1.165, 1.54) is 12.1 Å². The molecule has 1 heterocycles. The quantitative estimate of drug-likeness (QED) is 0.350. The number of carbonyl (C=O) groups is 2. The number of fused-ring (bicyclic) bond motifs is 1. The van der Waals surface area contributed by atoms with Gasteiger partial charge in [-0.25, -0.2) is 9.89 Å². The van der Waals surface area contributed by atoms with E-state index in [4.69, 9.17) is 33.2 Å². The van der Waals surface area contributed by atoms with Crippen molar-refractivity contribution in [3.63, 3.8) is 0 Å². The molecule has 0 unspecified atom stereocenters. The average Bonchev–Trinajstić information content (AvgIpc) is 2.78. The van der Waals surface area contributed by atoms with Crippen molar-refractivity contribution in [1.82, 2.24) is 15.5 Å². The normalized spacial score (nSPS) is 10.9. The van der Waals surface area contributed by atoms with Gasteiger partial charge in [-0.3, -0.25) is 20.3 Å². The first-order chi connectivity index (χ1) is 15.8. The molecular weight excluding hydrogens is 475 g/mol. The number of benzene rings is 2. The highest BCUT2D eigenvalue weighted by molar-refractivity contribution is 6.47. The lowest BCUT2D eigenvalue weighted by Crippen LogP contribution is -2.36. The second-order valence-electron chi connectivity index (χ2n) is 6.13. The molecule has 3 N–H and O–H groups in total. The van der Waals surface area contributed by atoms with Crippen molar-refractivity contribution in [3.8, 4) is 17.7 Å². The monoisotopic (exact) mass is 488 g/mol. The molecular formula is C20H14Cl2N6O5. The summed E-state index contributed by atoms with van der Waals surface area (Å²) >= 11 is 12.6. The van der Waals surface area contributed by atoms with Crippen LogP contribution >= 0.6 is 23.2 Å². The number of imide groups is 1. The zero-order chi connectivity index (χ0) is 24.0. The summed E-state index contributed by atoms with van der Waals surface area (Å²) in [7, 11) is 0. The topological polar surface area (TPSA) is 159 Å². The lowest BCUT2D eigenvalue weighted by atomic mass is 10.2. The van der Waals surface area contributed by atoms with Crippen molar-refractivity contribution in [2.24, 2.45) is 5.10 Å². The molecule has 1 aromatic heterocycles. The molecule has 168 valence electrons. The number of carbonyl (C=O) groups excluding carboxylic acids is 2. The van der Waals surface area contributed by atoms with Crippen molar-refractivity contribution >= 4 is 57.4 Å². The minimum atomic E-state index is -1.06. The van der Waals surface area contributed by atoms with Crippen molar-refractivity contribution < 1.29 is 19.1 Å². The van der Waals surface area contributed by atoms with Crippen LogP contribution < -0.4 is 21.0 Å². The smallest absolute Gasteiger partial charge is 0.414 e. The fourth-order valence-corrected chi connectivity index (χ4v) is 3.12. The number of H-pyrrole nitrogens is 1. The van der Waals surface area contributed by atoms with Crippen LogP contribution in [0, 0.1) is 11.3 Å². The van der Waals surface area contributed by atoms with Crippen LogP contribution in [0.4, 0.5) is 10.5 Å². The molecule has 3 rings (SSSR count). The summed E-state index contributed by atoms with van der Waals surface area (Å²) in [6, 6.07) is 11.0. The summed E-state index contributed by atoms with van der Waals surface area (Å²) in [6.45, 7) is 1.60. The van der Waals surface area contributed by atoms with Gasteiger partial charge < -0.3 is 9.47 Å². The number of nitriles is 1. The summed E-state index contributed by atoms with van der Waals surface area (Å²) in [5.74, 6) is -0.926. The fraction of sp³-hybridized carbons (Fsp3) is 0.100. The fourth-order valence-electron chi connectivity index (χ4n) is 2.55. The number of nitrogens with one attached hydrogen (secondary N) is 3. The summed E-state index contributed by atoms with van der Waals surface area (Å²) in [4.78, 5) is 35.1. The van der Waals surface area contributed by atoms with Crippen LogP contribution in [0.3, 0.4) is 0 Å². The number of rotatable bonds is 6. The molecule has 0 saturated heterocycles. The van der Waals surface area contributed by atoms with Gasteiger partial charge in [0, 0.05) is 0 Å². The maximum atomic E-state index is 11.9. The molecule has 2 aromatic carbocycles. The number of aromatic nitrogens is 2. The van der Waals surface area contributed by atoms with Crippen molar-refractivity contribution in [2.75, 3.05) is 12.0 Å². The first-order valence-electron chi connectivity index (χ1n) is 9.20. The van der Waals surface area contributed by atoms with E-state index in [0.29, 0.717) is 10.8 Å². The van der Waals surface area contributed by atoms with E-state index < -0.39 is 17.7 Å². The van der Waals surface area contributed by atoms with E-state index in [1.807, 2.05) is 5.32 Å². The highest BCUT2D eigenvalue weighted by Gasteiger charge is 2.17. The molecule has 0 saturated carbocycles. The van der Waals surface area contributed by atoms with Crippen LogP contribution in [0.2, 0.25) is 10.0 Å². The zero-order valence-corrected chi connectivity index (χ0v) is 18.3. The van der Waals surface area contributed by atoms with Gasteiger partial charge in [0.2, 0.25) is 11.6 Å². The zero-order valence-electron chi connectivity index (χ0n) is 16.8. The van der Waals surface area contributed by atoms with E-state index in [9.17, 15) is 14.4 Å². The first kappa shape index (κ1) is 23.5. The van der Waals surface area contributed by atoms with Crippen LogP contribution in [0.25, 0.3) is 10.8 Å². The van der Waals surface area contributed by atoms with Crippen molar-refractivity contribution in [1.29, 1.82) is 5.26 Å². The van der Waals surface area contributed by atoms with Crippen LogP contribution in [0.1, 0.15) is 6.92 Å². The number of anilines is 1. The van der Waals surface area contributed by atoms with Crippen LogP contribution in [0.15, 0.2) is 46.3 Å². The maximum absolute atomic E-state index is 11.9. The Kier molecular flexibility index (Phi) is 7.45. The molecule has 0 aliphatic rings. The lowest BCUT2D eigenvalue weighted by molar-refractivity contribution is -0.114. The number of hydrogen-bond donors (Lipinski definition) is 3. The number of hydrogen-bond acceptors (Lipinski definition) is 9. The minimum absolute atomic E-state index is 0.0478. The Hall–Kier alpha value is -4.14. The highest BCUT2D eigenvalue weighted by Crippen LogP contribution is 2.39. The molecule has 3 aromatic rings. The Morgan fingerprint density at radius 2 is 1.88 bits per heavy atom. The molecule has 2 amide bonds. The van der Waals surface area contributed by atoms with E-state index in [2.05, 4.69) is 25.5 Å². The molecule has 0 bridgehead atoms. The van der Waals surface area contributed by atoms with Gasteiger partial charge in [0.25, 0.3) is 11.5 Å². The van der Waals surface area contributed by atoms with Gasteiger partial charge >= 0.3 is 6.09 Å². The van der Waals surface area contributed by atoms with Crippen molar-refractivity contribution in [2.45, 2.75) is 6.92 Å². The highest BCUT2D eigenvalue weighted by atomic mass is 35.5. The van der Waals surface area contributed by atoms with Gasteiger partial charge in [-0.1, -0.05) is 35.3 Å². The summed E-state index contributed by atoms with van der Waals surface area (Å²) in [6.07, 6.45) is -1.01. The number of ether oxygens (including phenoxy) is 2. The number of aromatic amines is 1. The predicted molar refractivity (Wildman–Crippen MR) is 121 cm³/mol. The Labute approximate surface area is 195 Å². The third kappa shape index (κ3) is 5.57. The molecule has 33 heavy (non-hydrogen) atoms. The number of amides is 2. The van der Waals surface area contributed by atoms with Gasteiger partial charge in [-0.05, 0) is 31.2 Å². The molecule has 13 heteroatoms. The average molecular weight is 489 g/mol. The first-order valence-corrected chi connectivity index (χ1v) is 9.95. The molecule has 0 fully saturated rings. The molecule has 0 aliphatic heterocycles. The Balaban J connectivity index is 1.82. The molecule has 0 radical (unpaired) electrons. The van der Waals surface area contributed by atoms with Crippen molar-refractivity contribution in [3.05, 3.63) is 56.8 Å². The number of nitrogens with zero attached hydrogens (tertiary/aromatic N) is 3. The molecule has 11 nitrogen and oxygen atoms in total. The molecule has 0 aliphatic carbocycles. The molecule has 0 atom stereocenters. The van der Waals surface area contributed by atoms with Crippen LogP contribution in [0.5, 0.6) is 11.6 Å². The standard InChI is InChI=1S/C20H14Cl2N6O5/c1-2-32-20(31)24-18(30)15(9-23)26-25-10-7-13(21)16(14(22)8-10)33-19-12-6-4-3-5-11(12)17(29)27-28-19/h3-8,25H,2H2,1H3,(H,27,29)(H,24,30,31)/b26-15+. The number of hydrazone groups is 1. The number of halogens is 2. The van der Waals surface area contributed by atoms with Crippen LogP contribution in [-0.4, -0.2) is 34.5 Å². The third-order valence-electron chi connectivity index (χ3n) is 3.97. The summed E-state index contributed by atoms with van der Waals surface area (Å²) in [5, 5.41) is 21.7. The van der Waals surface area contributed by atoms with Gasteiger partial charge in [0.05, 0.1) is 33.1 Å². The Bertz CT molecular complexity index is 1340. The summed E-state index contributed by atoms with van der Waals surface area (Å²) < 4.78 is 10.3. The van der Waals surface area contributed by atoms with E-state index in [1.54, 1.807) is 37.3 Å². The largest absolute Gasteiger partial charge is 0.450 e. The van der Waals surface area contributed by atoms with E-state index in [0.717, 1.165) is 0 Å². The maximum Gasteiger partial charge on any atom is 0.414 e. The van der Waals surface area contributed by atoms with Crippen LogP contribution in [-0.2, 0) is 9.53 Å². The van der Waals surface area contributed by atoms with Gasteiger partial charge in [-0.2, -0.15) is 10.4 Å². The second-order valence-corrected chi connectivity index (χ2v) is 6.95. The van der Waals surface area contributed by atoms with Gasteiger partial charge in [0.15, 0.2) is 5.75 Å². The van der Waals surface area contributed by atoms with E-state index in [-0.39, 0.29) is 39.5 Å². The number of alkyl carbamates (subject to hydrolysis) is 1. The Morgan fingerprint density at radius 3 is 2.52 bits per heavy atom.